The minimum absolute atomic E-state index is 0. The van der Waals surface area contributed by atoms with Crippen LogP contribution in [0.5, 0.6) is 0 Å². The van der Waals surface area contributed by atoms with Crippen molar-refractivity contribution in [3.05, 3.63) is 35.4 Å². The summed E-state index contributed by atoms with van der Waals surface area (Å²) in [5.41, 5.74) is 6.95. The van der Waals surface area contributed by atoms with Crippen molar-refractivity contribution in [1.82, 2.24) is 10.6 Å². The van der Waals surface area contributed by atoms with Gasteiger partial charge in [-0.2, -0.15) is 0 Å². The van der Waals surface area contributed by atoms with Crippen LogP contribution >= 0.6 is 12.4 Å². The zero-order valence-electron chi connectivity index (χ0n) is 12.1. The van der Waals surface area contributed by atoms with Crippen molar-refractivity contribution in [2.24, 2.45) is 5.73 Å². The number of rotatable bonds is 5. The predicted molar refractivity (Wildman–Crippen MR) is 84.5 cm³/mol. The normalized spacial score (nSPS) is 15.3. The van der Waals surface area contributed by atoms with E-state index in [1.54, 1.807) is 12.1 Å². The van der Waals surface area contributed by atoms with Gasteiger partial charge in [-0.15, -0.1) is 12.4 Å². The lowest BCUT2D eigenvalue weighted by molar-refractivity contribution is -0.129. The van der Waals surface area contributed by atoms with Crippen LogP contribution in [-0.4, -0.2) is 30.4 Å². The van der Waals surface area contributed by atoms with E-state index in [0.717, 1.165) is 24.8 Å². The molecule has 0 bridgehead atoms. The Hall–Kier alpha value is -1.59. The summed E-state index contributed by atoms with van der Waals surface area (Å²) in [6, 6.07) is 7.36. The molecule has 21 heavy (non-hydrogen) atoms. The molecule has 5 nitrogen and oxygen atoms in total. The molecule has 0 heterocycles. The molecule has 4 N–H and O–H groups in total. The molecule has 0 spiro atoms. The number of hydrogen-bond acceptors (Lipinski definition) is 3. The average Bonchev–Trinajstić information content (AvgIpc) is 2.41. The first-order valence-electron chi connectivity index (χ1n) is 6.93. The summed E-state index contributed by atoms with van der Waals surface area (Å²) in [6.45, 7) is 2.77. The van der Waals surface area contributed by atoms with Crippen molar-refractivity contribution >= 4 is 24.2 Å². The van der Waals surface area contributed by atoms with Gasteiger partial charge in [0.05, 0.1) is 5.54 Å². The van der Waals surface area contributed by atoms with Crippen molar-refractivity contribution in [1.29, 1.82) is 0 Å². The molecular weight excluding hydrogens is 290 g/mol. The lowest BCUT2D eigenvalue weighted by Gasteiger charge is -2.36. The van der Waals surface area contributed by atoms with Gasteiger partial charge in [0.1, 0.15) is 0 Å². The van der Waals surface area contributed by atoms with Gasteiger partial charge in [-0.25, -0.2) is 0 Å². The van der Waals surface area contributed by atoms with E-state index in [1.165, 1.54) is 0 Å². The van der Waals surface area contributed by atoms with Gasteiger partial charge in [0, 0.05) is 18.7 Å². The lowest BCUT2D eigenvalue weighted by Crippen LogP contribution is -2.59. The first kappa shape index (κ1) is 17.5. The molecule has 1 saturated carbocycles. The second-order valence-corrected chi connectivity index (χ2v) is 5.39. The minimum atomic E-state index is -0.680. The third-order valence-electron chi connectivity index (χ3n) is 3.71. The van der Waals surface area contributed by atoms with Gasteiger partial charge < -0.3 is 16.4 Å². The Morgan fingerprint density at radius 2 is 1.71 bits per heavy atom. The van der Waals surface area contributed by atoms with E-state index >= 15 is 0 Å². The Kier molecular flexibility index (Phi) is 6.18. The standard InChI is InChI=1S/C15H21N3O2.ClH/c1-11-3-5-12(6-4-11)13(19)17-9-10-18-14(20)15(16)7-2-8-15;/h3-6H,2,7-10,16H2,1H3,(H,17,19)(H,18,20);1H. The quantitative estimate of drug-likeness (QED) is 0.713. The fourth-order valence-corrected chi connectivity index (χ4v) is 2.12. The van der Waals surface area contributed by atoms with Gasteiger partial charge in [-0.3, -0.25) is 9.59 Å². The summed E-state index contributed by atoms with van der Waals surface area (Å²) in [5.74, 6) is -0.251. The van der Waals surface area contributed by atoms with Gasteiger partial charge in [-0.05, 0) is 38.3 Å². The zero-order chi connectivity index (χ0) is 14.6. The smallest absolute Gasteiger partial charge is 0.251 e. The highest BCUT2D eigenvalue weighted by atomic mass is 35.5. The largest absolute Gasteiger partial charge is 0.353 e. The van der Waals surface area contributed by atoms with E-state index in [2.05, 4.69) is 10.6 Å². The van der Waals surface area contributed by atoms with Crippen LogP contribution < -0.4 is 16.4 Å². The summed E-state index contributed by atoms with van der Waals surface area (Å²) in [5, 5.41) is 5.53. The summed E-state index contributed by atoms with van der Waals surface area (Å²) < 4.78 is 0. The molecule has 0 aromatic heterocycles. The maximum Gasteiger partial charge on any atom is 0.251 e. The minimum Gasteiger partial charge on any atom is -0.353 e. The maximum atomic E-state index is 11.8. The van der Waals surface area contributed by atoms with Crippen LogP contribution in [0.3, 0.4) is 0 Å². The molecule has 1 aliphatic carbocycles. The predicted octanol–water partition coefficient (Wildman–Crippen LogP) is 1.14. The zero-order valence-corrected chi connectivity index (χ0v) is 13.0. The van der Waals surface area contributed by atoms with Crippen LogP contribution in [0.4, 0.5) is 0 Å². The third kappa shape index (κ3) is 4.44. The molecule has 2 rings (SSSR count). The molecule has 0 atom stereocenters. The van der Waals surface area contributed by atoms with Gasteiger partial charge in [0.15, 0.2) is 0 Å². The van der Waals surface area contributed by atoms with Gasteiger partial charge in [0.2, 0.25) is 5.91 Å². The molecule has 1 aromatic carbocycles. The molecule has 0 unspecified atom stereocenters. The SMILES string of the molecule is Cc1ccc(C(=O)NCCNC(=O)C2(N)CCC2)cc1.Cl. The number of amides is 2. The first-order chi connectivity index (χ1) is 9.51. The Labute approximate surface area is 131 Å². The van der Waals surface area contributed by atoms with Crippen LogP contribution in [0.15, 0.2) is 24.3 Å². The third-order valence-corrected chi connectivity index (χ3v) is 3.71. The topological polar surface area (TPSA) is 84.2 Å². The molecule has 116 valence electrons. The molecule has 6 heteroatoms. The average molecular weight is 312 g/mol. The molecule has 1 aliphatic rings. The van der Waals surface area contributed by atoms with Crippen LogP contribution in [0.2, 0.25) is 0 Å². The molecule has 1 fully saturated rings. The van der Waals surface area contributed by atoms with Gasteiger partial charge in [-0.1, -0.05) is 17.7 Å². The Bertz CT molecular complexity index is 498. The number of halogens is 1. The number of nitrogens with one attached hydrogen (secondary N) is 2. The van der Waals surface area contributed by atoms with Crippen LogP contribution in [-0.2, 0) is 4.79 Å². The van der Waals surface area contributed by atoms with Crippen molar-refractivity contribution in [2.45, 2.75) is 31.7 Å². The number of aryl methyl sites for hydroxylation is 1. The van der Waals surface area contributed by atoms with E-state index in [-0.39, 0.29) is 24.2 Å². The number of benzene rings is 1. The second kappa shape index (κ2) is 7.43. The molecular formula is C15H22ClN3O2. The molecule has 0 radical (unpaired) electrons. The van der Waals surface area contributed by atoms with Crippen molar-refractivity contribution in [3.63, 3.8) is 0 Å². The summed E-state index contributed by atoms with van der Waals surface area (Å²) in [4.78, 5) is 23.6. The lowest BCUT2D eigenvalue weighted by atomic mass is 9.77. The Morgan fingerprint density at radius 3 is 2.24 bits per heavy atom. The van der Waals surface area contributed by atoms with E-state index in [9.17, 15) is 9.59 Å². The summed E-state index contributed by atoms with van der Waals surface area (Å²) in [6.07, 6.45) is 2.50. The van der Waals surface area contributed by atoms with Gasteiger partial charge in [0.25, 0.3) is 5.91 Å². The first-order valence-corrected chi connectivity index (χ1v) is 6.93. The van der Waals surface area contributed by atoms with Crippen molar-refractivity contribution in [2.75, 3.05) is 13.1 Å². The summed E-state index contributed by atoms with van der Waals surface area (Å²) >= 11 is 0. The van der Waals surface area contributed by atoms with Crippen molar-refractivity contribution in [3.8, 4) is 0 Å². The highest BCUT2D eigenvalue weighted by Crippen LogP contribution is 2.28. The van der Waals surface area contributed by atoms with E-state index in [4.69, 9.17) is 5.73 Å². The van der Waals surface area contributed by atoms with E-state index < -0.39 is 5.54 Å². The fourth-order valence-electron chi connectivity index (χ4n) is 2.12. The Balaban J connectivity index is 0.00000220. The second-order valence-electron chi connectivity index (χ2n) is 5.39. The number of nitrogens with two attached hydrogens (primary N) is 1. The number of carbonyl (C=O) groups is 2. The molecule has 1 aromatic rings. The molecule has 2 amide bonds. The van der Waals surface area contributed by atoms with Crippen molar-refractivity contribution < 1.29 is 9.59 Å². The monoisotopic (exact) mass is 311 g/mol. The molecule has 0 aliphatic heterocycles. The highest BCUT2D eigenvalue weighted by molar-refractivity contribution is 5.94. The van der Waals surface area contributed by atoms with E-state index in [0.29, 0.717) is 18.7 Å². The number of hydrogen-bond donors (Lipinski definition) is 3. The fraction of sp³-hybridized carbons (Fsp3) is 0.467. The van der Waals surface area contributed by atoms with Crippen LogP contribution in [0, 0.1) is 6.92 Å². The summed E-state index contributed by atoms with van der Waals surface area (Å²) in [7, 11) is 0. The van der Waals surface area contributed by atoms with E-state index in [1.807, 2.05) is 19.1 Å². The van der Waals surface area contributed by atoms with Crippen LogP contribution in [0.25, 0.3) is 0 Å². The maximum absolute atomic E-state index is 11.8. The van der Waals surface area contributed by atoms with Crippen LogP contribution in [0.1, 0.15) is 35.2 Å². The Morgan fingerprint density at radius 1 is 1.14 bits per heavy atom. The highest BCUT2D eigenvalue weighted by Gasteiger charge is 2.39. The molecule has 0 saturated heterocycles. The van der Waals surface area contributed by atoms with Gasteiger partial charge >= 0.3 is 0 Å². The number of carbonyl (C=O) groups excluding carboxylic acids is 2.